The van der Waals surface area contributed by atoms with Crippen LogP contribution in [0.1, 0.15) is 0 Å². The van der Waals surface area contributed by atoms with E-state index < -0.39 is 0 Å². The quantitative estimate of drug-likeness (QED) is 0.767. The summed E-state index contributed by atoms with van der Waals surface area (Å²) in [5.74, 6) is 1.09. The van der Waals surface area contributed by atoms with Gasteiger partial charge in [0.2, 0.25) is 0 Å². The summed E-state index contributed by atoms with van der Waals surface area (Å²) in [5.41, 5.74) is 0.989. The lowest BCUT2D eigenvalue weighted by atomic mass is 9.97. The number of ether oxygens (including phenoxy) is 1. The normalized spacial score (nSPS) is 19.4. The van der Waals surface area contributed by atoms with E-state index in [-0.39, 0.29) is 5.92 Å². The molecule has 16 heavy (non-hydrogen) atoms. The van der Waals surface area contributed by atoms with Crippen LogP contribution < -0.4 is 4.74 Å². The standard InChI is InChI=1S/C14H13ClO/c1-11-9-13(15)8-7-12(11)10-16-14-5-3-2-4-6-14/h2-9,12H,1,10H2. The molecule has 1 aliphatic rings. The van der Waals surface area contributed by atoms with E-state index in [9.17, 15) is 0 Å². The topological polar surface area (TPSA) is 9.23 Å². The summed E-state index contributed by atoms with van der Waals surface area (Å²) in [7, 11) is 0. The van der Waals surface area contributed by atoms with Gasteiger partial charge in [-0.1, -0.05) is 42.5 Å². The van der Waals surface area contributed by atoms with E-state index in [1.807, 2.05) is 48.6 Å². The third-order valence-corrected chi connectivity index (χ3v) is 2.70. The number of rotatable bonds is 3. The zero-order chi connectivity index (χ0) is 11.4. The highest BCUT2D eigenvalue weighted by Crippen LogP contribution is 2.23. The molecule has 1 aromatic rings. The maximum atomic E-state index is 5.87. The summed E-state index contributed by atoms with van der Waals surface area (Å²) in [6, 6.07) is 9.76. The first kappa shape index (κ1) is 11.0. The minimum atomic E-state index is 0.211. The fourth-order valence-electron chi connectivity index (χ4n) is 1.53. The summed E-state index contributed by atoms with van der Waals surface area (Å²) in [6.07, 6.45) is 5.78. The van der Waals surface area contributed by atoms with Crippen LogP contribution in [-0.4, -0.2) is 6.61 Å². The van der Waals surface area contributed by atoms with E-state index in [4.69, 9.17) is 16.3 Å². The first-order valence-corrected chi connectivity index (χ1v) is 5.55. The molecule has 0 saturated carbocycles. The zero-order valence-electron chi connectivity index (χ0n) is 8.90. The van der Waals surface area contributed by atoms with E-state index in [1.54, 1.807) is 0 Å². The molecule has 2 heteroatoms. The highest BCUT2D eigenvalue weighted by atomic mass is 35.5. The lowest BCUT2D eigenvalue weighted by Gasteiger charge is -2.17. The van der Waals surface area contributed by atoms with Crippen molar-refractivity contribution in [3.8, 4) is 5.75 Å². The predicted octanol–water partition coefficient (Wildman–Crippen LogP) is 3.93. The molecule has 1 aliphatic carbocycles. The van der Waals surface area contributed by atoms with E-state index in [0.29, 0.717) is 6.61 Å². The van der Waals surface area contributed by atoms with Crippen LogP contribution in [0.3, 0.4) is 0 Å². The van der Waals surface area contributed by atoms with Crippen LogP contribution in [0.25, 0.3) is 0 Å². The maximum Gasteiger partial charge on any atom is 0.119 e. The van der Waals surface area contributed by atoms with Gasteiger partial charge in [-0.05, 0) is 29.9 Å². The summed E-state index contributed by atoms with van der Waals surface area (Å²) < 4.78 is 5.67. The van der Waals surface area contributed by atoms with Gasteiger partial charge in [-0.2, -0.15) is 0 Å². The average Bonchev–Trinajstić information content (AvgIpc) is 2.29. The number of halogens is 1. The highest BCUT2D eigenvalue weighted by Gasteiger charge is 2.12. The number of para-hydroxylation sites is 1. The molecule has 0 fully saturated rings. The molecule has 0 aromatic heterocycles. The smallest absolute Gasteiger partial charge is 0.119 e. The van der Waals surface area contributed by atoms with Crippen molar-refractivity contribution in [2.45, 2.75) is 0 Å². The van der Waals surface area contributed by atoms with Gasteiger partial charge < -0.3 is 4.74 Å². The van der Waals surface area contributed by atoms with Crippen molar-refractivity contribution in [2.75, 3.05) is 6.61 Å². The SMILES string of the molecule is C=C1C=C(Cl)C=CC1COc1ccccc1. The molecule has 0 spiro atoms. The van der Waals surface area contributed by atoms with Crippen LogP contribution in [0.4, 0.5) is 0 Å². The fourth-order valence-corrected chi connectivity index (χ4v) is 1.74. The molecule has 82 valence electrons. The molecule has 1 atom stereocenters. The largest absolute Gasteiger partial charge is 0.493 e. The van der Waals surface area contributed by atoms with Gasteiger partial charge in [0.1, 0.15) is 5.75 Å². The van der Waals surface area contributed by atoms with Gasteiger partial charge in [0.05, 0.1) is 6.61 Å². The Morgan fingerprint density at radius 2 is 2.00 bits per heavy atom. The first-order valence-electron chi connectivity index (χ1n) is 5.18. The van der Waals surface area contributed by atoms with Crippen LogP contribution in [0.15, 0.2) is 65.7 Å². The Balaban J connectivity index is 1.93. The van der Waals surface area contributed by atoms with E-state index >= 15 is 0 Å². The Morgan fingerprint density at radius 3 is 2.69 bits per heavy atom. The highest BCUT2D eigenvalue weighted by molar-refractivity contribution is 6.31. The van der Waals surface area contributed by atoms with Gasteiger partial charge in [0.15, 0.2) is 0 Å². The lowest BCUT2D eigenvalue weighted by molar-refractivity contribution is 0.293. The molecule has 0 aliphatic heterocycles. The second-order valence-corrected chi connectivity index (χ2v) is 4.13. The molecular weight excluding hydrogens is 220 g/mol. The molecule has 0 N–H and O–H groups in total. The van der Waals surface area contributed by atoms with Gasteiger partial charge in [-0.25, -0.2) is 0 Å². The third kappa shape index (κ3) is 2.77. The molecule has 0 bridgehead atoms. The van der Waals surface area contributed by atoms with Crippen LogP contribution in [0.5, 0.6) is 5.75 Å². The Hall–Kier alpha value is -1.47. The number of allylic oxidation sites excluding steroid dienone is 3. The van der Waals surface area contributed by atoms with E-state index in [2.05, 4.69) is 6.58 Å². The van der Waals surface area contributed by atoms with Gasteiger partial charge in [0.25, 0.3) is 0 Å². The van der Waals surface area contributed by atoms with Crippen LogP contribution in [-0.2, 0) is 0 Å². The van der Waals surface area contributed by atoms with Crippen molar-refractivity contribution in [2.24, 2.45) is 5.92 Å². The second-order valence-electron chi connectivity index (χ2n) is 3.69. The zero-order valence-corrected chi connectivity index (χ0v) is 9.65. The Morgan fingerprint density at radius 1 is 1.25 bits per heavy atom. The third-order valence-electron chi connectivity index (χ3n) is 2.46. The minimum absolute atomic E-state index is 0.211. The van der Waals surface area contributed by atoms with Crippen LogP contribution in [0, 0.1) is 5.92 Å². The van der Waals surface area contributed by atoms with Crippen molar-refractivity contribution in [1.82, 2.24) is 0 Å². The van der Waals surface area contributed by atoms with E-state index in [0.717, 1.165) is 16.4 Å². The Kier molecular flexibility index (Phi) is 3.47. The van der Waals surface area contributed by atoms with Gasteiger partial charge in [-0.3, -0.25) is 0 Å². The molecule has 0 heterocycles. The minimum Gasteiger partial charge on any atom is -0.493 e. The van der Waals surface area contributed by atoms with Crippen molar-refractivity contribution in [3.05, 3.63) is 65.7 Å². The van der Waals surface area contributed by atoms with Crippen molar-refractivity contribution in [3.63, 3.8) is 0 Å². The summed E-state index contributed by atoms with van der Waals surface area (Å²) in [5, 5.41) is 0.723. The second kappa shape index (κ2) is 5.04. The maximum absolute atomic E-state index is 5.87. The van der Waals surface area contributed by atoms with Crippen molar-refractivity contribution in [1.29, 1.82) is 0 Å². The van der Waals surface area contributed by atoms with E-state index in [1.165, 1.54) is 0 Å². The van der Waals surface area contributed by atoms with Crippen molar-refractivity contribution >= 4 is 11.6 Å². The first-order chi connectivity index (χ1) is 7.75. The number of hydrogen-bond acceptors (Lipinski definition) is 1. The fraction of sp³-hybridized carbons (Fsp3) is 0.143. The molecular formula is C14H13ClO. The molecule has 0 radical (unpaired) electrons. The summed E-state index contributed by atoms with van der Waals surface area (Å²) in [4.78, 5) is 0. The lowest BCUT2D eigenvalue weighted by Crippen LogP contribution is -2.12. The summed E-state index contributed by atoms with van der Waals surface area (Å²) in [6.45, 7) is 4.56. The molecule has 0 amide bonds. The predicted molar refractivity (Wildman–Crippen MR) is 67.6 cm³/mol. The summed E-state index contributed by atoms with van der Waals surface area (Å²) >= 11 is 5.87. The molecule has 2 rings (SSSR count). The average molecular weight is 233 g/mol. The Labute approximate surface area is 101 Å². The molecule has 1 aromatic carbocycles. The molecule has 1 nitrogen and oxygen atoms in total. The number of benzene rings is 1. The van der Waals surface area contributed by atoms with Crippen LogP contribution >= 0.6 is 11.6 Å². The van der Waals surface area contributed by atoms with Gasteiger partial charge in [0, 0.05) is 11.0 Å². The number of hydrogen-bond donors (Lipinski definition) is 0. The molecule has 0 saturated heterocycles. The van der Waals surface area contributed by atoms with Gasteiger partial charge in [-0.15, -0.1) is 0 Å². The monoisotopic (exact) mass is 232 g/mol. The Bertz CT molecular complexity index is 431. The van der Waals surface area contributed by atoms with Crippen LogP contribution in [0.2, 0.25) is 0 Å². The molecule has 1 unspecified atom stereocenters. The van der Waals surface area contributed by atoms with Crippen molar-refractivity contribution < 1.29 is 4.74 Å². The van der Waals surface area contributed by atoms with Gasteiger partial charge >= 0.3 is 0 Å².